The quantitative estimate of drug-likeness (QED) is 0.803. The van der Waals surface area contributed by atoms with Crippen molar-refractivity contribution in [3.63, 3.8) is 0 Å². The van der Waals surface area contributed by atoms with Crippen molar-refractivity contribution in [2.45, 2.75) is 6.54 Å². The highest BCUT2D eigenvalue weighted by Gasteiger charge is 2.11. The molecule has 0 spiro atoms. The largest absolute Gasteiger partial charge is 0.384 e. The van der Waals surface area contributed by atoms with Gasteiger partial charge in [-0.1, -0.05) is 11.8 Å². The summed E-state index contributed by atoms with van der Waals surface area (Å²) in [5.74, 6) is 5.32. The van der Waals surface area contributed by atoms with Gasteiger partial charge in [-0.15, -0.1) is 11.3 Å². The van der Waals surface area contributed by atoms with Gasteiger partial charge in [0.05, 0.1) is 11.1 Å². The molecule has 0 saturated carbocycles. The summed E-state index contributed by atoms with van der Waals surface area (Å²) < 4.78 is 23.6. The van der Waals surface area contributed by atoms with Gasteiger partial charge in [-0.2, -0.15) is 0 Å². The molecule has 0 amide bonds. The van der Waals surface area contributed by atoms with Crippen LogP contribution >= 0.6 is 11.3 Å². The molecular weight excluding hydrogens is 246 g/mol. The second-order valence-corrected chi connectivity index (χ2v) is 6.30. The molecule has 0 bridgehead atoms. The van der Waals surface area contributed by atoms with E-state index in [4.69, 9.17) is 5.11 Å². The molecule has 6 heteroatoms. The van der Waals surface area contributed by atoms with Gasteiger partial charge in [0.2, 0.25) is 10.0 Å². The Kier molecular flexibility index (Phi) is 4.50. The van der Waals surface area contributed by atoms with Crippen molar-refractivity contribution in [2.24, 2.45) is 0 Å². The zero-order valence-electron chi connectivity index (χ0n) is 9.10. The number of aliphatic hydroxyl groups is 1. The van der Waals surface area contributed by atoms with Crippen molar-refractivity contribution in [1.82, 2.24) is 4.31 Å². The monoisotopic (exact) mass is 259 g/mol. The Morgan fingerprint density at radius 3 is 2.81 bits per heavy atom. The van der Waals surface area contributed by atoms with Crippen molar-refractivity contribution < 1.29 is 13.5 Å². The lowest BCUT2D eigenvalue weighted by atomic mass is 10.3. The Bertz CT molecular complexity index is 508. The average Bonchev–Trinajstić information content (AvgIpc) is 2.61. The predicted octanol–water partition coefficient (Wildman–Crippen LogP) is 0.483. The van der Waals surface area contributed by atoms with Crippen molar-refractivity contribution in [3.8, 4) is 11.8 Å². The second-order valence-electron chi connectivity index (χ2n) is 3.30. The first kappa shape index (κ1) is 13.2. The van der Waals surface area contributed by atoms with Crippen LogP contribution in [0.2, 0.25) is 0 Å². The molecule has 0 saturated heterocycles. The first-order valence-corrected chi connectivity index (χ1v) is 7.24. The SMILES string of the molecule is CN(Cc1csc(C#CCO)c1)S(C)(=O)=O. The van der Waals surface area contributed by atoms with Crippen LogP contribution in [0.5, 0.6) is 0 Å². The highest BCUT2D eigenvalue weighted by Crippen LogP contribution is 2.15. The summed E-state index contributed by atoms with van der Waals surface area (Å²) in [7, 11) is -1.61. The maximum atomic E-state index is 11.2. The van der Waals surface area contributed by atoms with Gasteiger partial charge in [0, 0.05) is 13.6 Å². The van der Waals surface area contributed by atoms with Crippen LogP contribution in [0.1, 0.15) is 10.4 Å². The molecule has 0 aliphatic carbocycles. The molecule has 0 aliphatic heterocycles. The summed E-state index contributed by atoms with van der Waals surface area (Å²) in [4.78, 5) is 0.825. The molecule has 0 atom stereocenters. The van der Waals surface area contributed by atoms with Crippen molar-refractivity contribution in [1.29, 1.82) is 0 Å². The minimum Gasteiger partial charge on any atom is -0.384 e. The van der Waals surface area contributed by atoms with Crippen LogP contribution in [-0.2, 0) is 16.6 Å². The van der Waals surface area contributed by atoms with Crippen LogP contribution in [0.25, 0.3) is 0 Å². The summed E-state index contributed by atoms with van der Waals surface area (Å²) in [5.41, 5.74) is 0.903. The van der Waals surface area contributed by atoms with E-state index in [1.807, 2.05) is 11.4 Å². The third-order valence-electron chi connectivity index (χ3n) is 1.92. The van der Waals surface area contributed by atoms with Crippen molar-refractivity contribution in [3.05, 3.63) is 21.9 Å². The first-order valence-electron chi connectivity index (χ1n) is 4.52. The molecule has 0 fully saturated rings. The topological polar surface area (TPSA) is 57.6 Å². The summed E-state index contributed by atoms with van der Waals surface area (Å²) in [6, 6.07) is 1.83. The van der Waals surface area contributed by atoms with E-state index >= 15 is 0 Å². The number of aliphatic hydroxyl groups excluding tert-OH is 1. The molecule has 0 aliphatic rings. The number of hydrogen-bond acceptors (Lipinski definition) is 4. The van der Waals surface area contributed by atoms with Gasteiger partial charge >= 0.3 is 0 Å². The zero-order valence-corrected chi connectivity index (χ0v) is 10.7. The lowest BCUT2D eigenvalue weighted by Gasteiger charge is -2.12. The average molecular weight is 259 g/mol. The molecule has 1 aromatic heterocycles. The van der Waals surface area contributed by atoms with Crippen LogP contribution in [-0.4, -0.2) is 37.7 Å². The maximum Gasteiger partial charge on any atom is 0.211 e. The van der Waals surface area contributed by atoms with Crippen LogP contribution in [0, 0.1) is 11.8 Å². The molecule has 16 heavy (non-hydrogen) atoms. The van der Waals surface area contributed by atoms with Gasteiger partial charge in [0.1, 0.15) is 6.61 Å². The van der Waals surface area contributed by atoms with E-state index in [0.717, 1.165) is 10.4 Å². The van der Waals surface area contributed by atoms with E-state index in [9.17, 15) is 8.42 Å². The standard InChI is InChI=1S/C10H13NO3S2/c1-11(16(2,13)14)7-9-6-10(15-8-9)4-3-5-12/h6,8,12H,5,7H2,1-2H3. The Hall–Kier alpha value is -0.870. The summed E-state index contributed by atoms with van der Waals surface area (Å²) in [5, 5.41) is 10.4. The molecule has 88 valence electrons. The fraction of sp³-hybridized carbons (Fsp3) is 0.400. The van der Waals surface area contributed by atoms with Crippen molar-refractivity contribution in [2.75, 3.05) is 19.9 Å². The predicted molar refractivity (Wildman–Crippen MR) is 64.6 cm³/mol. The number of thiophene rings is 1. The van der Waals surface area contributed by atoms with E-state index in [2.05, 4.69) is 11.8 Å². The Balaban J connectivity index is 2.73. The lowest BCUT2D eigenvalue weighted by molar-refractivity contribution is 0.350. The molecular formula is C10H13NO3S2. The molecule has 1 rings (SSSR count). The highest BCUT2D eigenvalue weighted by atomic mass is 32.2. The van der Waals surface area contributed by atoms with Gasteiger partial charge in [0.25, 0.3) is 0 Å². The third-order valence-corrected chi connectivity index (χ3v) is 4.07. The maximum absolute atomic E-state index is 11.2. The van der Waals surface area contributed by atoms with Gasteiger partial charge in [-0.3, -0.25) is 0 Å². The van der Waals surface area contributed by atoms with E-state index < -0.39 is 10.0 Å². The van der Waals surface area contributed by atoms with Gasteiger partial charge < -0.3 is 5.11 Å². The van der Waals surface area contributed by atoms with Gasteiger partial charge in [0.15, 0.2) is 0 Å². The number of nitrogens with zero attached hydrogens (tertiary/aromatic N) is 1. The van der Waals surface area contributed by atoms with E-state index in [1.54, 1.807) is 0 Å². The summed E-state index contributed by atoms with van der Waals surface area (Å²) in [6.07, 6.45) is 1.17. The lowest BCUT2D eigenvalue weighted by Crippen LogP contribution is -2.24. The molecule has 0 aromatic carbocycles. The fourth-order valence-electron chi connectivity index (χ4n) is 1.03. The smallest absolute Gasteiger partial charge is 0.211 e. The zero-order chi connectivity index (χ0) is 12.2. The Morgan fingerprint density at radius 1 is 1.56 bits per heavy atom. The van der Waals surface area contributed by atoms with Crippen LogP contribution in [0.4, 0.5) is 0 Å². The van der Waals surface area contributed by atoms with Crippen LogP contribution < -0.4 is 0 Å². The summed E-state index contributed by atoms with van der Waals surface area (Å²) >= 11 is 1.44. The van der Waals surface area contributed by atoms with Gasteiger partial charge in [-0.05, 0) is 17.0 Å². The Labute approximate surface area is 99.6 Å². The van der Waals surface area contributed by atoms with E-state index in [1.165, 1.54) is 28.9 Å². The minimum atomic E-state index is -3.15. The van der Waals surface area contributed by atoms with E-state index in [-0.39, 0.29) is 6.61 Å². The Morgan fingerprint density at radius 2 is 2.25 bits per heavy atom. The molecule has 1 aromatic rings. The molecule has 0 radical (unpaired) electrons. The number of sulfonamides is 1. The molecule has 0 unspecified atom stereocenters. The van der Waals surface area contributed by atoms with E-state index in [0.29, 0.717) is 6.54 Å². The second kappa shape index (κ2) is 5.46. The van der Waals surface area contributed by atoms with Crippen LogP contribution in [0.15, 0.2) is 11.4 Å². The summed E-state index contributed by atoms with van der Waals surface area (Å²) in [6.45, 7) is 0.173. The highest BCUT2D eigenvalue weighted by molar-refractivity contribution is 7.88. The van der Waals surface area contributed by atoms with Gasteiger partial charge in [-0.25, -0.2) is 12.7 Å². The third kappa shape index (κ3) is 3.94. The molecule has 4 nitrogen and oxygen atoms in total. The number of rotatable bonds is 3. The molecule has 1 N–H and O–H groups in total. The minimum absolute atomic E-state index is 0.170. The fourth-order valence-corrected chi connectivity index (χ4v) is 2.18. The normalized spacial score (nSPS) is 11.2. The van der Waals surface area contributed by atoms with Crippen LogP contribution in [0.3, 0.4) is 0 Å². The van der Waals surface area contributed by atoms with Crippen molar-refractivity contribution >= 4 is 21.4 Å². The number of hydrogen-bond donors (Lipinski definition) is 1. The molecule has 1 heterocycles. The first-order chi connectivity index (χ1) is 7.43.